The van der Waals surface area contributed by atoms with Crippen LogP contribution >= 0.6 is 15.9 Å². The molecule has 0 unspecified atom stereocenters. The molecule has 0 saturated heterocycles. The van der Waals surface area contributed by atoms with Gasteiger partial charge in [0.25, 0.3) is 5.91 Å². The summed E-state index contributed by atoms with van der Waals surface area (Å²) in [6.45, 7) is 7.91. The second kappa shape index (κ2) is 10.3. The van der Waals surface area contributed by atoms with Crippen molar-refractivity contribution in [2.75, 3.05) is 25.6 Å². The first kappa shape index (κ1) is 21.3. The fourth-order valence-electron chi connectivity index (χ4n) is 2.49. The minimum Gasteiger partial charge on any atom is -0.493 e. The second-order valence-electron chi connectivity index (χ2n) is 6.84. The lowest BCUT2D eigenvalue weighted by molar-refractivity contribution is -0.118. The summed E-state index contributed by atoms with van der Waals surface area (Å²) < 4.78 is 11.9. The highest BCUT2D eigenvalue weighted by molar-refractivity contribution is 9.10. The molecule has 0 saturated carbocycles. The summed E-state index contributed by atoms with van der Waals surface area (Å²) in [7, 11) is 1.59. The van der Waals surface area contributed by atoms with Gasteiger partial charge < -0.3 is 20.1 Å². The molecule has 27 heavy (non-hydrogen) atoms. The Hall–Kier alpha value is -2.05. The van der Waals surface area contributed by atoms with E-state index in [1.54, 1.807) is 7.11 Å². The van der Waals surface area contributed by atoms with E-state index in [-0.39, 0.29) is 12.5 Å². The Kier molecular flexibility index (Phi) is 8.13. The molecule has 2 aromatic rings. The van der Waals surface area contributed by atoms with E-state index >= 15 is 0 Å². The van der Waals surface area contributed by atoms with E-state index in [0.29, 0.717) is 17.4 Å². The van der Waals surface area contributed by atoms with Crippen LogP contribution in [0.15, 0.2) is 40.9 Å². The molecular formula is C21H27BrN2O3. The van der Waals surface area contributed by atoms with Crippen molar-refractivity contribution in [3.63, 3.8) is 0 Å². The Morgan fingerprint density at radius 2 is 1.89 bits per heavy atom. The van der Waals surface area contributed by atoms with Gasteiger partial charge in [-0.25, -0.2) is 0 Å². The third-order valence-electron chi connectivity index (χ3n) is 3.85. The van der Waals surface area contributed by atoms with Crippen LogP contribution in [-0.2, 0) is 11.3 Å². The van der Waals surface area contributed by atoms with Crippen molar-refractivity contribution >= 4 is 27.5 Å². The minimum atomic E-state index is -0.226. The molecule has 5 nitrogen and oxygen atoms in total. The quantitative estimate of drug-likeness (QED) is 0.608. The molecule has 0 atom stereocenters. The van der Waals surface area contributed by atoms with Crippen molar-refractivity contribution in [3.05, 3.63) is 52.0 Å². The van der Waals surface area contributed by atoms with Gasteiger partial charge in [0.15, 0.2) is 18.1 Å². The number of hydrogen-bond donors (Lipinski definition) is 2. The molecule has 0 heterocycles. The molecule has 2 rings (SSSR count). The average Bonchev–Trinajstić information content (AvgIpc) is 2.62. The molecule has 6 heteroatoms. The third-order valence-corrected chi connectivity index (χ3v) is 4.44. The molecule has 0 aromatic heterocycles. The fourth-order valence-corrected chi connectivity index (χ4v) is 3.10. The minimum absolute atomic E-state index is 0.103. The highest BCUT2D eigenvalue weighted by atomic mass is 79.9. The smallest absolute Gasteiger partial charge is 0.262 e. The summed E-state index contributed by atoms with van der Waals surface area (Å²) in [5, 5.41) is 6.22. The molecule has 0 aliphatic heterocycles. The number of nitrogens with one attached hydrogen (secondary N) is 2. The standard InChI is InChI=1S/C21H27BrN2O3/c1-14(2)11-23-12-16-9-18(22)21(19(10-16)26-4)27-13-20(25)24-17-7-5-15(3)6-8-17/h5-10,14,23H,11-13H2,1-4H3,(H,24,25). The zero-order valence-electron chi connectivity index (χ0n) is 16.3. The van der Waals surface area contributed by atoms with E-state index in [1.165, 1.54) is 0 Å². The molecule has 0 fully saturated rings. The van der Waals surface area contributed by atoms with E-state index in [9.17, 15) is 4.79 Å². The molecule has 2 N–H and O–H groups in total. The first-order valence-corrected chi connectivity index (χ1v) is 9.74. The van der Waals surface area contributed by atoms with Gasteiger partial charge in [0.05, 0.1) is 11.6 Å². The van der Waals surface area contributed by atoms with E-state index in [1.807, 2.05) is 43.3 Å². The molecule has 0 radical (unpaired) electrons. The van der Waals surface area contributed by atoms with E-state index in [0.717, 1.165) is 34.4 Å². The maximum Gasteiger partial charge on any atom is 0.262 e. The zero-order valence-corrected chi connectivity index (χ0v) is 17.9. The number of anilines is 1. The van der Waals surface area contributed by atoms with Gasteiger partial charge >= 0.3 is 0 Å². The number of rotatable bonds is 9. The normalized spacial score (nSPS) is 10.7. The lowest BCUT2D eigenvalue weighted by Gasteiger charge is -2.15. The number of hydrogen-bond acceptors (Lipinski definition) is 4. The predicted molar refractivity (Wildman–Crippen MR) is 113 cm³/mol. The third kappa shape index (κ3) is 6.88. The van der Waals surface area contributed by atoms with Crippen molar-refractivity contribution in [1.82, 2.24) is 5.32 Å². The van der Waals surface area contributed by atoms with Gasteiger partial charge in [0, 0.05) is 12.2 Å². The highest BCUT2D eigenvalue weighted by Crippen LogP contribution is 2.36. The number of carbonyl (C=O) groups excluding carboxylic acids is 1. The van der Waals surface area contributed by atoms with E-state index < -0.39 is 0 Å². The van der Waals surface area contributed by atoms with Crippen LogP contribution < -0.4 is 20.1 Å². The molecule has 146 valence electrons. The molecule has 0 bridgehead atoms. The van der Waals surface area contributed by atoms with Gasteiger partial charge in [0.1, 0.15) is 0 Å². The van der Waals surface area contributed by atoms with Gasteiger partial charge in [-0.15, -0.1) is 0 Å². The van der Waals surface area contributed by atoms with Gasteiger partial charge in [-0.05, 0) is 65.1 Å². The average molecular weight is 435 g/mol. The Labute approximate surface area is 169 Å². The van der Waals surface area contributed by atoms with Crippen LogP contribution in [0.1, 0.15) is 25.0 Å². The van der Waals surface area contributed by atoms with Gasteiger partial charge in [-0.2, -0.15) is 0 Å². The molecule has 1 amide bonds. The first-order chi connectivity index (χ1) is 12.9. The highest BCUT2D eigenvalue weighted by Gasteiger charge is 2.14. The van der Waals surface area contributed by atoms with Crippen molar-refractivity contribution in [2.24, 2.45) is 5.92 Å². The zero-order chi connectivity index (χ0) is 19.8. The van der Waals surface area contributed by atoms with Crippen molar-refractivity contribution in [1.29, 1.82) is 0 Å². The van der Waals surface area contributed by atoms with Crippen LogP contribution in [0.5, 0.6) is 11.5 Å². The number of benzene rings is 2. The number of carbonyl (C=O) groups is 1. The van der Waals surface area contributed by atoms with Crippen LogP contribution in [0, 0.1) is 12.8 Å². The van der Waals surface area contributed by atoms with Crippen molar-refractivity contribution in [2.45, 2.75) is 27.3 Å². The molecule has 2 aromatic carbocycles. The summed E-state index contributed by atoms with van der Waals surface area (Å²) >= 11 is 3.52. The molecule has 0 aliphatic carbocycles. The van der Waals surface area contributed by atoms with Crippen LogP contribution in [0.25, 0.3) is 0 Å². The Bertz CT molecular complexity index is 761. The van der Waals surface area contributed by atoms with Gasteiger partial charge in [0.2, 0.25) is 0 Å². The van der Waals surface area contributed by atoms with Crippen LogP contribution in [-0.4, -0.2) is 26.2 Å². The Morgan fingerprint density at radius 3 is 2.52 bits per heavy atom. The lowest BCUT2D eigenvalue weighted by Crippen LogP contribution is -2.21. The summed E-state index contributed by atoms with van der Waals surface area (Å²) in [4.78, 5) is 12.2. The Balaban J connectivity index is 1.98. The topological polar surface area (TPSA) is 59.6 Å². The number of ether oxygens (including phenoxy) is 2. The maximum atomic E-state index is 12.2. The number of aryl methyl sites for hydroxylation is 1. The number of amides is 1. The first-order valence-electron chi connectivity index (χ1n) is 8.95. The lowest BCUT2D eigenvalue weighted by atomic mass is 10.2. The summed E-state index contributed by atoms with van der Waals surface area (Å²) in [6.07, 6.45) is 0. The van der Waals surface area contributed by atoms with Crippen LogP contribution in [0.3, 0.4) is 0 Å². The predicted octanol–water partition coefficient (Wildman–Crippen LogP) is 4.53. The van der Waals surface area contributed by atoms with Gasteiger partial charge in [-0.3, -0.25) is 4.79 Å². The number of methoxy groups -OCH3 is 1. The second-order valence-corrected chi connectivity index (χ2v) is 7.69. The summed E-state index contributed by atoms with van der Waals surface area (Å²) in [5.41, 5.74) is 2.96. The van der Waals surface area contributed by atoms with Crippen LogP contribution in [0.2, 0.25) is 0 Å². The van der Waals surface area contributed by atoms with E-state index in [4.69, 9.17) is 9.47 Å². The Morgan fingerprint density at radius 1 is 1.19 bits per heavy atom. The SMILES string of the molecule is COc1cc(CNCC(C)C)cc(Br)c1OCC(=O)Nc1ccc(C)cc1. The molecule has 0 aliphatic rings. The maximum absolute atomic E-state index is 12.2. The van der Waals surface area contributed by atoms with Crippen molar-refractivity contribution < 1.29 is 14.3 Å². The summed E-state index contributed by atoms with van der Waals surface area (Å²) in [5.74, 6) is 1.47. The van der Waals surface area contributed by atoms with Gasteiger partial charge in [-0.1, -0.05) is 31.5 Å². The largest absolute Gasteiger partial charge is 0.493 e. The molecule has 0 spiro atoms. The monoisotopic (exact) mass is 434 g/mol. The number of halogens is 1. The fraction of sp³-hybridized carbons (Fsp3) is 0.381. The van der Waals surface area contributed by atoms with E-state index in [2.05, 4.69) is 40.4 Å². The summed E-state index contributed by atoms with van der Waals surface area (Å²) in [6, 6.07) is 11.5. The molecular weight excluding hydrogens is 408 g/mol. The van der Waals surface area contributed by atoms with Crippen molar-refractivity contribution in [3.8, 4) is 11.5 Å². The van der Waals surface area contributed by atoms with Crippen LogP contribution in [0.4, 0.5) is 5.69 Å².